The van der Waals surface area contributed by atoms with Crippen molar-refractivity contribution in [3.05, 3.63) is 35.4 Å². The average Bonchev–Trinajstić information content (AvgIpc) is 3.46. The van der Waals surface area contributed by atoms with Crippen molar-refractivity contribution in [3.8, 4) is 0 Å². The maximum atomic E-state index is 14.1. The third-order valence-electron chi connectivity index (χ3n) is 5.49. The highest BCUT2D eigenvalue weighted by atomic mass is 19.3. The second-order valence-electron chi connectivity index (χ2n) is 9.14. The first kappa shape index (κ1) is 23.0. The van der Waals surface area contributed by atoms with Gasteiger partial charge in [0.15, 0.2) is 0 Å². The van der Waals surface area contributed by atoms with Gasteiger partial charge in [-0.1, -0.05) is 12.1 Å². The largest absolute Gasteiger partial charge is 0.465 e. The number of piperidine rings is 1. The minimum Gasteiger partial charge on any atom is -0.465 e. The molecule has 1 aromatic carbocycles. The molecule has 1 aliphatic heterocycles. The smallest absolute Gasteiger partial charge is 0.410 e. The lowest BCUT2D eigenvalue weighted by molar-refractivity contribution is -0.137. The molecule has 1 aliphatic carbocycles. The Hall–Kier alpha value is -2.71. The standard InChI is InChI=1S/C22H28F2N2O5/c1-20(2,3)31-19(29)26-12-11-22(23,24)13-16(26)17(27)25-21(9-10-21)15-7-5-14(6-8-15)18(28)30-4/h5-8,16H,9-13H2,1-4H3,(H,25,27)/t16-/m1/s1. The Balaban J connectivity index is 1.77. The van der Waals surface area contributed by atoms with Crippen LogP contribution in [0.2, 0.25) is 0 Å². The number of ether oxygens (including phenoxy) is 2. The van der Waals surface area contributed by atoms with Crippen LogP contribution in [-0.4, -0.2) is 54.1 Å². The maximum Gasteiger partial charge on any atom is 0.410 e. The van der Waals surface area contributed by atoms with E-state index in [-0.39, 0.29) is 6.54 Å². The molecule has 9 heteroatoms. The molecule has 0 bridgehead atoms. The van der Waals surface area contributed by atoms with Crippen LogP contribution in [-0.2, 0) is 19.8 Å². The summed E-state index contributed by atoms with van der Waals surface area (Å²) in [7, 11) is 1.29. The zero-order valence-electron chi connectivity index (χ0n) is 18.2. The number of rotatable bonds is 4. The van der Waals surface area contributed by atoms with Gasteiger partial charge in [-0.2, -0.15) is 0 Å². The zero-order chi connectivity index (χ0) is 23.0. The second kappa shape index (κ2) is 8.09. The minimum atomic E-state index is -3.04. The van der Waals surface area contributed by atoms with E-state index >= 15 is 0 Å². The lowest BCUT2D eigenvalue weighted by Crippen LogP contribution is -2.58. The third-order valence-corrected chi connectivity index (χ3v) is 5.49. The molecule has 1 aromatic rings. The molecule has 1 saturated heterocycles. The molecule has 2 fully saturated rings. The number of nitrogens with one attached hydrogen (secondary N) is 1. The van der Waals surface area contributed by atoms with E-state index in [4.69, 9.17) is 4.74 Å². The molecule has 1 atom stereocenters. The van der Waals surface area contributed by atoms with Gasteiger partial charge in [-0.05, 0) is 51.3 Å². The van der Waals surface area contributed by atoms with Gasteiger partial charge in [0, 0.05) is 19.4 Å². The van der Waals surface area contributed by atoms with Gasteiger partial charge in [-0.15, -0.1) is 0 Å². The highest BCUT2D eigenvalue weighted by Gasteiger charge is 2.51. The molecule has 0 spiro atoms. The van der Waals surface area contributed by atoms with Gasteiger partial charge in [0.2, 0.25) is 5.91 Å². The van der Waals surface area contributed by atoms with Crippen LogP contribution < -0.4 is 5.32 Å². The summed E-state index contributed by atoms with van der Waals surface area (Å²) in [5.41, 5.74) is -0.369. The van der Waals surface area contributed by atoms with Crippen molar-refractivity contribution in [3.63, 3.8) is 0 Å². The number of hydrogen-bond acceptors (Lipinski definition) is 5. The van der Waals surface area contributed by atoms with E-state index in [2.05, 4.69) is 10.1 Å². The number of hydrogen-bond donors (Lipinski definition) is 1. The number of carbonyl (C=O) groups is 3. The zero-order valence-corrected chi connectivity index (χ0v) is 18.2. The van der Waals surface area contributed by atoms with Crippen molar-refractivity contribution in [2.75, 3.05) is 13.7 Å². The Morgan fingerprint density at radius 3 is 2.23 bits per heavy atom. The van der Waals surface area contributed by atoms with Crippen molar-refractivity contribution in [2.45, 2.75) is 69.6 Å². The molecular weight excluding hydrogens is 410 g/mol. The second-order valence-corrected chi connectivity index (χ2v) is 9.14. The fourth-order valence-corrected chi connectivity index (χ4v) is 3.68. The molecule has 170 valence electrons. The number of carbonyl (C=O) groups excluding carboxylic acids is 3. The van der Waals surface area contributed by atoms with E-state index in [1.54, 1.807) is 45.0 Å². The first-order chi connectivity index (χ1) is 14.4. The third kappa shape index (κ3) is 5.32. The lowest BCUT2D eigenvalue weighted by Gasteiger charge is -2.39. The van der Waals surface area contributed by atoms with Crippen LogP contribution in [0.3, 0.4) is 0 Å². The van der Waals surface area contributed by atoms with Crippen LogP contribution in [0, 0.1) is 0 Å². The number of methoxy groups -OCH3 is 1. The van der Waals surface area contributed by atoms with Crippen LogP contribution in [0.4, 0.5) is 13.6 Å². The first-order valence-corrected chi connectivity index (χ1v) is 10.2. The molecule has 3 rings (SSSR count). The molecule has 1 N–H and O–H groups in total. The van der Waals surface area contributed by atoms with Crippen molar-refractivity contribution in [1.29, 1.82) is 0 Å². The van der Waals surface area contributed by atoms with Gasteiger partial charge in [0.25, 0.3) is 5.92 Å². The molecule has 1 saturated carbocycles. The molecule has 1 heterocycles. The predicted molar refractivity (Wildman–Crippen MR) is 108 cm³/mol. The summed E-state index contributed by atoms with van der Waals surface area (Å²) in [5, 5.41) is 2.86. The van der Waals surface area contributed by atoms with Crippen LogP contribution in [0.15, 0.2) is 24.3 Å². The number of nitrogens with zero attached hydrogens (tertiary/aromatic N) is 1. The number of amides is 2. The summed E-state index contributed by atoms with van der Waals surface area (Å²) in [6.07, 6.45) is -0.793. The fraction of sp³-hybridized carbons (Fsp3) is 0.591. The molecule has 0 unspecified atom stereocenters. The highest BCUT2D eigenvalue weighted by Crippen LogP contribution is 2.46. The molecule has 2 amide bonds. The first-order valence-electron chi connectivity index (χ1n) is 10.2. The number of likely N-dealkylation sites (tertiary alicyclic amines) is 1. The Labute approximate surface area is 180 Å². The Morgan fingerprint density at radius 1 is 1.10 bits per heavy atom. The van der Waals surface area contributed by atoms with Crippen LogP contribution in [0.1, 0.15) is 62.4 Å². The normalized spacial score (nSPS) is 21.7. The number of esters is 1. The highest BCUT2D eigenvalue weighted by molar-refractivity contribution is 5.89. The Bertz CT molecular complexity index is 860. The van der Waals surface area contributed by atoms with Gasteiger partial charge in [-0.3, -0.25) is 9.69 Å². The quantitative estimate of drug-likeness (QED) is 0.726. The molecule has 31 heavy (non-hydrogen) atoms. The summed E-state index contributed by atoms with van der Waals surface area (Å²) in [6.45, 7) is 4.77. The fourth-order valence-electron chi connectivity index (χ4n) is 3.68. The SMILES string of the molecule is COC(=O)c1ccc(C2(NC(=O)[C@H]3CC(F)(F)CCN3C(=O)OC(C)(C)C)CC2)cc1. The van der Waals surface area contributed by atoms with E-state index in [0.717, 1.165) is 10.5 Å². The Kier molecular flexibility index (Phi) is 5.99. The van der Waals surface area contributed by atoms with Crippen molar-refractivity contribution >= 4 is 18.0 Å². The van der Waals surface area contributed by atoms with Gasteiger partial charge in [0.1, 0.15) is 11.6 Å². The minimum absolute atomic E-state index is 0.263. The van der Waals surface area contributed by atoms with Gasteiger partial charge in [0.05, 0.1) is 18.2 Å². The predicted octanol–water partition coefficient (Wildman–Crippen LogP) is 3.61. The van der Waals surface area contributed by atoms with E-state index in [1.807, 2.05) is 0 Å². The number of halogens is 2. The molecule has 2 aliphatic rings. The molecular formula is C22H28F2N2O5. The summed E-state index contributed by atoms with van der Waals surface area (Å²) >= 11 is 0. The van der Waals surface area contributed by atoms with Crippen molar-refractivity contribution in [2.24, 2.45) is 0 Å². The van der Waals surface area contributed by atoms with Crippen LogP contribution in [0.25, 0.3) is 0 Å². The van der Waals surface area contributed by atoms with E-state index in [9.17, 15) is 23.2 Å². The number of alkyl halides is 2. The number of benzene rings is 1. The van der Waals surface area contributed by atoms with E-state index in [0.29, 0.717) is 18.4 Å². The molecule has 0 radical (unpaired) electrons. The van der Waals surface area contributed by atoms with Gasteiger partial charge < -0.3 is 14.8 Å². The average molecular weight is 438 g/mol. The summed E-state index contributed by atoms with van der Waals surface area (Å²) in [6, 6.07) is 5.27. The van der Waals surface area contributed by atoms with Crippen LogP contribution in [0.5, 0.6) is 0 Å². The lowest BCUT2D eigenvalue weighted by atomic mass is 9.96. The van der Waals surface area contributed by atoms with Gasteiger partial charge in [-0.25, -0.2) is 18.4 Å². The molecule has 0 aromatic heterocycles. The monoisotopic (exact) mass is 438 g/mol. The Morgan fingerprint density at radius 2 is 1.71 bits per heavy atom. The molecule has 7 nitrogen and oxygen atoms in total. The van der Waals surface area contributed by atoms with E-state index in [1.165, 1.54) is 7.11 Å². The summed E-state index contributed by atoms with van der Waals surface area (Å²) in [4.78, 5) is 38.3. The van der Waals surface area contributed by atoms with Crippen molar-refractivity contribution in [1.82, 2.24) is 10.2 Å². The maximum absolute atomic E-state index is 14.1. The van der Waals surface area contributed by atoms with E-state index < -0.39 is 53.9 Å². The topological polar surface area (TPSA) is 84.9 Å². The summed E-state index contributed by atoms with van der Waals surface area (Å²) < 4.78 is 38.2. The van der Waals surface area contributed by atoms with Gasteiger partial charge >= 0.3 is 12.1 Å². The van der Waals surface area contributed by atoms with Crippen molar-refractivity contribution < 1.29 is 32.6 Å². The van der Waals surface area contributed by atoms with Crippen LogP contribution >= 0.6 is 0 Å². The summed E-state index contributed by atoms with van der Waals surface area (Å²) in [5.74, 6) is -4.16.